The van der Waals surface area contributed by atoms with Gasteiger partial charge in [-0.2, -0.15) is 5.10 Å². The first-order valence-corrected chi connectivity index (χ1v) is 6.83. The van der Waals surface area contributed by atoms with Crippen LogP contribution in [0, 0.1) is 5.92 Å². The molecule has 1 aromatic heterocycles. The van der Waals surface area contributed by atoms with Crippen LogP contribution in [0.5, 0.6) is 0 Å². The number of nitrogens with two attached hydrogens (primary N) is 1. The second-order valence-electron chi connectivity index (χ2n) is 5.26. The highest BCUT2D eigenvalue weighted by Crippen LogP contribution is 2.40. The summed E-state index contributed by atoms with van der Waals surface area (Å²) in [6.07, 6.45) is 4.24. The summed E-state index contributed by atoms with van der Waals surface area (Å²) >= 11 is 0. The van der Waals surface area contributed by atoms with Gasteiger partial charge in [0.25, 0.3) is 0 Å². The molecule has 100 valence electrons. The van der Waals surface area contributed by atoms with Crippen molar-refractivity contribution < 1.29 is 0 Å². The number of nitrogens with one attached hydrogen (secondary N) is 1. The second-order valence-corrected chi connectivity index (χ2v) is 5.26. The number of aromatic nitrogens is 3. The van der Waals surface area contributed by atoms with Crippen LogP contribution < -0.4 is 11.1 Å². The van der Waals surface area contributed by atoms with Gasteiger partial charge in [-0.3, -0.25) is 0 Å². The van der Waals surface area contributed by atoms with E-state index in [0.29, 0.717) is 18.4 Å². The lowest BCUT2D eigenvalue weighted by Gasteiger charge is -2.29. The van der Waals surface area contributed by atoms with Crippen molar-refractivity contribution in [2.75, 3.05) is 11.9 Å². The molecule has 1 aliphatic rings. The molecule has 5 heteroatoms. The molecule has 0 bridgehead atoms. The third-order valence-corrected chi connectivity index (χ3v) is 3.81. The predicted molar refractivity (Wildman–Crippen MR) is 72.4 cm³/mol. The SMILES string of the molecule is CCc1nnc(NC(C)(CN)C2CC2)nc1CC. The van der Waals surface area contributed by atoms with Crippen LogP contribution in [0.15, 0.2) is 0 Å². The molecule has 18 heavy (non-hydrogen) atoms. The lowest BCUT2D eigenvalue weighted by Crippen LogP contribution is -2.45. The fourth-order valence-electron chi connectivity index (χ4n) is 2.29. The van der Waals surface area contributed by atoms with Gasteiger partial charge in [-0.25, -0.2) is 4.98 Å². The monoisotopic (exact) mass is 249 g/mol. The molecule has 0 spiro atoms. The van der Waals surface area contributed by atoms with Crippen LogP contribution in [0.2, 0.25) is 0 Å². The van der Waals surface area contributed by atoms with E-state index >= 15 is 0 Å². The summed E-state index contributed by atoms with van der Waals surface area (Å²) in [5.41, 5.74) is 7.81. The van der Waals surface area contributed by atoms with E-state index in [1.807, 2.05) is 0 Å². The van der Waals surface area contributed by atoms with Crippen molar-refractivity contribution in [3.63, 3.8) is 0 Å². The molecule has 3 N–H and O–H groups in total. The molecular formula is C13H23N5. The lowest BCUT2D eigenvalue weighted by atomic mass is 9.96. The van der Waals surface area contributed by atoms with Crippen molar-refractivity contribution in [3.05, 3.63) is 11.4 Å². The Labute approximate surface area is 109 Å². The van der Waals surface area contributed by atoms with E-state index in [9.17, 15) is 0 Å². The van der Waals surface area contributed by atoms with Crippen LogP contribution in [-0.4, -0.2) is 27.3 Å². The fourth-order valence-corrected chi connectivity index (χ4v) is 2.29. The average molecular weight is 249 g/mol. The number of anilines is 1. The molecule has 1 aromatic rings. The van der Waals surface area contributed by atoms with Gasteiger partial charge in [0, 0.05) is 6.54 Å². The Bertz CT molecular complexity index is 416. The van der Waals surface area contributed by atoms with Crippen LogP contribution in [0.25, 0.3) is 0 Å². The minimum atomic E-state index is -0.0968. The topological polar surface area (TPSA) is 76.7 Å². The minimum absolute atomic E-state index is 0.0968. The van der Waals surface area contributed by atoms with E-state index in [2.05, 4.69) is 41.3 Å². The van der Waals surface area contributed by atoms with Gasteiger partial charge >= 0.3 is 0 Å². The molecule has 0 radical (unpaired) electrons. The number of aryl methyl sites for hydroxylation is 2. The summed E-state index contributed by atoms with van der Waals surface area (Å²) in [4.78, 5) is 4.56. The van der Waals surface area contributed by atoms with E-state index in [1.165, 1.54) is 12.8 Å². The Hall–Kier alpha value is -1.23. The second kappa shape index (κ2) is 5.18. The predicted octanol–water partition coefficient (Wildman–Crippen LogP) is 1.54. The van der Waals surface area contributed by atoms with E-state index in [0.717, 1.165) is 24.2 Å². The summed E-state index contributed by atoms with van der Waals surface area (Å²) < 4.78 is 0. The Kier molecular flexibility index (Phi) is 3.80. The molecule has 0 saturated heterocycles. The van der Waals surface area contributed by atoms with Crippen LogP contribution in [0.4, 0.5) is 5.95 Å². The fraction of sp³-hybridized carbons (Fsp3) is 0.769. The molecule has 1 saturated carbocycles. The highest BCUT2D eigenvalue weighted by atomic mass is 15.3. The van der Waals surface area contributed by atoms with Crippen molar-refractivity contribution in [1.29, 1.82) is 0 Å². The highest BCUT2D eigenvalue weighted by Gasteiger charge is 2.41. The van der Waals surface area contributed by atoms with Crippen molar-refractivity contribution in [1.82, 2.24) is 15.2 Å². The van der Waals surface area contributed by atoms with Gasteiger partial charge in [0.15, 0.2) is 0 Å². The number of rotatable bonds is 6. The van der Waals surface area contributed by atoms with E-state index in [-0.39, 0.29) is 5.54 Å². The molecule has 1 aliphatic carbocycles. The number of hydrogen-bond donors (Lipinski definition) is 2. The van der Waals surface area contributed by atoms with Crippen molar-refractivity contribution in [2.45, 2.75) is 52.0 Å². The average Bonchev–Trinajstić information content (AvgIpc) is 3.23. The van der Waals surface area contributed by atoms with Crippen molar-refractivity contribution >= 4 is 5.95 Å². The number of nitrogens with zero attached hydrogens (tertiary/aromatic N) is 3. The normalized spacial score (nSPS) is 18.4. The third-order valence-electron chi connectivity index (χ3n) is 3.81. The van der Waals surface area contributed by atoms with E-state index in [1.54, 1.807) is 0 Å². The molecule has 1 unspecified atom stereocenters. The maximum atomic E-state index is 5.88. The standard InChI is InChI=1S/C13H23N5/c1-4-10-11(5-2)17-18-12(15-10)16-13(3,8-14)9-6-7-9/h9H,4-8,14H2,1-3H3,(H,15,16,18). The molecule has 2 rings (SSSR count). The summed E-state index contributed by atoms with van der Waals surface area (Å²) in [5.74, 6) is 1.26. The Morgan fingerprint density at radius 3 is 2.39 bits per heavy atom. The first-order chi connectivity index (χ1) is 8.62. The Morgan fingerprint density at radius 1 is 1.22 bits per heavy atom. The molecule has 0 amide bonds. The van der Waals surface area contributed by atoms with Crippen LogP contribution in [0.3, 0.4) is 0 Å². The molecular weight excluding hydrogens is 226 g/mol. The Morgan fingerprint density at radius 2 is 1.89 bits per heavy atom. The quantitative estimate of drug-likeness (QED) is 0.799. The highest BCUT2D eigenvalue weighted by molar-refractivity contribution is 5.31. The van der Waals surface area contributed by atoms with E-state index < -0.39 is 0 Å². The van der Waals surface area contributed by atoms with Gasteiger partial charge in [-0.15, -0.1) is 5.10 Å². The molecule has 0 aromatic carbocycles. The molecule has 1 atom stereocenters. The molecule has 0 aliphatic heterocycles. The third kappa shape index (κ3) is 2.61. The number of hydrogen-bond acceptors (Lipinski definition) is 5. The van der Waals surface area contributed by atoms with Crippen molar-refractivity contribution in [3.8, 4) is 0 Å². The largest absolute Gasteiger partial charge is 0.346 e. The smallest absolute Gasteiger partial charge is 0.243 e. The molecule has 5 nitrogen and oxygen atoms in total. The molecule has 1 fully saturated rings. The first kappa shape index (κ1) is 13.2. The van der Waals surface area contributed by atoms with Gasteiger partial charge in [0.2, 0.25) is 5.95 Å². The van der Waals surface area contributed by atoms with Gasteiger partial charge in [-0.1, -0.05) is 13.8 Å². The zero-order valence-corrected chi connectivity index (χ0v) is 11.5. The van der Waals surface area contributed by atoms with Crippen LogP contribution >= 0.6 is 0 Å². The maximum absolute atomic E-state index is 5.88. The summed E-state index contributed by atoms with van der Waals surface area (Å²) in [6, 6.07) is 0. The lowest BCUT2D eigenvalue weighted by molar-refractivity contribution is 0.454. The van der Waals surface area contributed by atoms with Gasteiger partial charge in [0.1, 0.15) is 0 Å². The van der Waals surface area contributed by atoms with Crippen molar-refractivity contribution in [2.24, 2.45) is 11.7 Å². The zero-order chi connectivity index (χ0) is 13.2. The summed E-state index contributed by atoms with van der Waals surface area (Å²) in [5, 5.41) is 11.8. The zero-order valence-electron chi connectivity index (χ0n) is 11.5. The maximum Gasteiger partial charge on any atom is 0.243 e. The van der Waals surface area contributed by atoms with Gasteiger partial charge in [0.05, 0.1) is 16.9 Å². The summed E-state index contributed by atoms with van der Waals surface area (Å²) in [7, 11) is 0. The Balaban J connectivity index is 2.18. The minimum Gasteiger partial charge on any atom is -0.346 e. The van der Waals surface area contributed by atoms with Crippen LogP contribution in [0.1, 0.15) is 45.0 Å². The molecule has 1 heterocycles. The summed E-state index contributed by atoms with van der Waals surface area (Å²) in [6.45, 7) is 6.91. The van der Waals surface area contributed by atoms with E-state index in [4.69, 9.17) is 5.73 Å². The van der Waals surface area contributed by atoms with Gasteiger partial charge < -0.3 is 11.1 Å². The first-order valence-electron chi connectivity index (χ1n) is 6.83. The van der Waals surface area contributed by atoms with Crippen LogP contribution in [-0.2, 0) is 12.8 Å². The van der Waals surface area contributed by atoms with Gasteiger partial charge in [-0.05, 0) is 38.5 Å².